The fourth-order valence-electron chi connectivity index (χ4n) is 2.23. The number of rotatable bonds is 4. The zero-order chi connectivity index (χ0) is 16.2. The van der Waals surface area contributed by atoms with Crippen molar-refractivity contribution in [1.82, 2.24) is 4.98 Å². The normalized spacial score (nSPS) is 10.5. The molecule has 0 unspecified atom stereocenters. The number of halogens is 1. The predicted molar refractivity (Wildman–Crippen MR) is 98.8 cm³/mol. The third-order valence-corrected chi connectivity index (χ3v) is 4.81. The highest BCUT2D eigenvalue weighted by molar-refractivity contribution is 9.10. The number of benzene rings is 2. The SMILES string of the molecule is Cc1cc(Br)ccc1NC(=O)Cc1csc(-c2ccccc2)n1. The number of nitrogens with zero attached hydrogens (tertiary/aromatic N) is 1. The standard InChI is InChI=1S/C18H15BrN2OS/c1-12-9-14(19)7-8-16(12)21-17(22)10-15-11-23-18(20-15)13-5-3-2-4-6-13/h2-9,11H,10H2,1H3,(H,21,22). The molecule has 1 N–H and O–H groups in total. The third-order valence-electron chi connectivity index (χ3n) is 3.38. The van der Waals surface area contributed by atoms with Crippen LogP contribution in [0.3, 0.4) is 0 Å². The number of thiazole rings is 1. The highest BCUT2D eigenvalue weighted by atomic mass is 79.9. The summed E-state index contributed by atoms with van der Waals surface area (Å²) in [6.45, 7) is 1.97. The van der Waals surface area contributed by atoms with E-state index in [0.717, 1.165) is 32.0 Å². The van der Waals surface area contributed by atoms with E-state index in [0.29, 0.717) is 0 Å². The minimum Gasteiger partial charge on any atom is -0.326 e. The second-order valence-corrected chi connectivity index (χ2v) is 6.97. The van der Waals surface area contributed by atoms with Gasteiger partial charge in [0.05, 0.1) is 12.1 Å². The van der Waals surface area contributed by atoms with Crippen molar-refractivity contribution in [2.24, 2.45) is 0 Å². The van der Waals surface area contributed by atoms with Crippen LogP contribution in [0.1, 0.15) is 11.3 Å². The van der Waals surface area contributed by atoms with Crippen molar-refractivity contribution in [3.8, 4) is 10.6 Å². The second-order valence-electron chi connectivity index (χ2n) is 5.19. The van der Waals surface area contributed by atoms with Crippen LogP contribution in [-0.2, 0) is 11.2 Å². The molecule has 0 aliphatic carbocycles. The molecular weight excluding hydrogens is 372 g/mol. The van der Waals surface area contributed by atoms with Crippen LogP contribution in [0.15, 0.2) is 58.4 Å². The van der Waals surface area contributed by atoms with Crippen LogP contribution in [0.25, 0.3) is 10.6 Å². The first-order chi connectivity index (χ1) is 11.1. The van der Waals surface area contributed by atoms with Crippen molar-refractivity contribution in [1.29, 1.82) is 0 Å². The first kappa shape index (κ1) is 15.9. The maximum Gasteiger partial charge on any atom is 0.230 e. The summed E-state index contributed by atoms with van der Waals surface area (Å²) >= 11 is 4.98. The predicted octanol–water partition coefficient (Wildman–Crippen LogP) is 5.06. The molecule has 3 aromatic rings. The molecule has 0 fully saturated rings. The van der Waals surface area contributed by atoms with E-state index < -0.39 is 0 Å². The summed E-state index contributed by atoms with van der Waals surface area (Å²) in [6.07, 6.45) is 0.277. The van der Waals surface area contributed by atoms with E-state index in [9.17, 15) is 4.79 Å². The molecule has 3 rings (SSSR count). The molecule has 5 heteroatoms. The van der Waals surface area contributed by atoms with E-state index in [1.54, 1.807) is 11.3 Å². The molecule has 0 aliphatic rings. The Balaban J connectivity index is 1.68. The molecule has 0 saturated heterocycles. The number of aromatic nitrogens is 1. The zero-order valence-electron chi connectivity index (χ0n) is 12.5. The van der Waals surface area contributed by atoms with Crippen LogP contribution in [0.4, 0.5) is 5.69 Å². The Kier molecular flexibility index (Phi) is 4.88. The van der Waals surface area contributed by atoms with Crippen molar-refractivity contribution >= 4 is 38.9 Å². The lowest BCUT2D eigenvalue weighted by atomic mass is 10.2. The van der Waals surface area contributed by atoms with Gasteiger partial charge in [-0.25, -0.2) is 4.98 Å². The fourth-order valence-corrected chi connectivity index (χ4v) is 3.53. The van der Waals surface area contributed by atoms with Crippen LogP contribution < -0.4 is 5.32 Å². The van der Waals surface area contributed by atoms with Crippen molar-refractivity contribution < 1.29 is 4.79 Å². The van der Waals surface area contributed by atoms with E-state index >= 15 is 0 Å². The van der Waals surface area contributed by atoms with Gasteiger partial charge < -0.3 is 5.32 Å². The molecule has 0 bridgehead atoms. The van der Waals surface area contributed by atoms with Gasteiger partial charge in [-0.05, 0) is 30.7 Å². The largest absolute Gasteiger partial charge is 0.326 e. The summed E-state index contributed by atoms with van der Waals surface area (Å²) in [4.78, 5) is 16.8. The number of carbonyl (C=O) groups excluding carboxylic acids is 1. The molecule has 2 aromatic carbocycles. The van der Waals surface area contributed by atoms with Crippen LogP contribution in [0.5, 0.6) is 0 Å². The monoisotopic (exact) mass is 386 g/mol. The van der Waals surface area contributed by atoms with Crippen molar-refractivity contribution in [2.75, 3.05) is 5.32 Å². The summed E-state index contributed by atoms with van der Waals surface area (Å²) in [5, 5.41) is 5.82. The number of hydrogen-bond acceptors (Lipinski definition) is 3. The molecule has 0 aliphatic heterocycles. The molecule has 0 atom stereocenters. The van der Waals surface area contributed by atoms with Gasteiger partial charge >= 0.3 is 0 Å². The number of carbonyl (C=O) groups is 1. The van der Waals surface area contributed by atoms with E-state index in [4.69, 9.17) is 0 Å². The quantitative estimate of drug-likeness (QED) is 0.680. The topological polar surface area (TPSA) is 42.0 Å². The molecule has 0 saturated carbocycles. The Bertz CT molecular complexity index is 830. The molecule has 1 amide bonds. The number of aryl methyl sites for hydroxylation is 1. The van der Waals surface area contributed by atoms with Crippen molar-refractivity contribution in [3.63, 3.8) is 0 Å². The number of nitrogens with one attached hydrogen (secondary N) is 1. The molecule has 116 valence electrons. The maximum atomic E-state index is 12.2. The Labute approximate surface area is 147 Å². The van der Waals surface area contributed by atoms with Crippen molar-refractivity contribution in [2.45, 2.75) is 13.3 Å². The summed E-state index contributed by atoms with van der Waals surface area (Å²) in [6, 6.07) is 15.8. The molecule has 0 spiro atoms. The maximum absolute atomic E-state index is 12.2. The van der Waals surface area contributed by atoms with Gasteiger partial charge in [-0.2, -0.15) is 0 Å². The average molecular weight is 387 g/mol. The van der Waals surface area contributed by atoms with E-state index in [-0.39, 0.29) is 12.3 Å². The lowest BCUT2D eigenvalue weighted by molar-refractivity contribution is -0.115. The van der Waals surface area contributed by atoms with Crippen LogP contribution in [0.2, 0.25) is 0 Å². The summed E-state index contributed by atoms with van der Waals surface area (Å²) in [7, 11) is 0. The van der Waals surface area contributed by atoms with Gasteiger partial charge in [-0.1, -0.05) is 46.3 Å². The highest BCUT2D eigenvalue weighted by Gasteiger charge is 2.10. The highest BCUT2D eigenvalue weighted by Crippen LogP contribution is 2.24. The number of hydrogen-bond donors (Lipinski definition) is 1. The minimum absolute atomic E-state index is 0.0552. The zero-order valence-corrected chi connectivity index (χ0v) is 14.9. The molecule has 1 aromatic heterocycles. The van der Waals surface area contributed by atoms with Gasteiger partial charge in [0.1, 0.15) is 5.01 Å². The average Bonchev–Trinajstić information content (AvgIpc) is 2.99. The van der Waals surface area contributed by atoms with Crippen molar-refractivity contribution in [3.05, 3.63) is 69.6 Å². The van der Waals surface area contributed by atoms with E-state index in [1.807, 2.05) is 60.8 Å². The number of amides is 1. The van der Waals surface area contributed by atoms with E-state index in [2.05, 4.69) is 26.2 Å². The smallest absolute Gasteiger partial charge is 0.230 e. The molecule has 0 radical (unpaired) electrons. The van der Waals surface area contributed by atoms with Crippen LogP contribution in [0, 0.1) is 6.92 Å². The van der Waals surface area contributed by atoms with Gasteiger partial charge in [0.2, 0.25) is 5.91 Å². The Morgan fingerprint density at radius 3 is 2.74 bits per heavy atom. The Morgan fingerprint density at radius 2 is 2.00 bits per heavy atom. The van der Waals surface area contributed by atoms with E-state index in [1.165, 1.54) is 0 Å². The summed E-state index contributed by atoms with van der Waals surface area (Å²) in [5.41, 5.74) is 3.72. The summed E-state index contributed by atoms with van der Waals surface area (Å²) in [5.74, 6) is -0.0552. The van der Waals surface area contributed by atoms with Gasteiger partial charge in [-0.15, -0.1) is 11.3 Å². The Hall–Kier alpha value is -1.98. The molecule has 3 nitrogen and oxygen atoms in total. The van der Waals surface area contributed by atoms with Gasteiger partial charge in [0.25, 0.3) is 0 Å². The third kappa shape index (κ3) is 4.06. The molecular formula is C18H15BrN2OS. The lowest BCUT2D eigenvalue weighted by Crippen LogP contribution is -2.15. The summed E-state index contributed by atoms with van der Waals surface area (Å²) < 4.78 is 1.00. The van der Waals surface area contributed by atoms with Gasteiger partial charge in [0, 0.05) is 21.1 Å². The minimum atomic E-state index is -0.0552. The first-order valence-electron chi connectivity index (χ1n) is 7.17. The fraction of sp³-hybridized carbons (Fsp3) is 0.111. The lowest BCUT2D eigenvalue weighted by Gasteiger charge is -2.08. The molecule has 23 heavy (non-hydrogen) atoms. The van der Waals surface area contributed by atoms with Crippen LogP contribution in [-0.4, -0.2) is 10.9 Å². The van der Waals surface area contributed by atoms with Crippen LogP contribution >= 0.6 is 27.3 Å². The molecule has 1 heterocycles. The second kappa shape index (κ2) is 7.06. The Morgan fingerprint density at radius 1 is 1.22 bits per heavy atom. The number of anilines is 1. The van der Waals surface area contributed by atoms with Gasteiger partial charge in [-0.3, -0.25) is 4.79 Å². The van der Waals surface area contributed by atoms with Gasteiger partial charge in [0.15, 0.2) is 0 Å². The first-order valence-corrected chi connectivity index (χ1v) is 8.85.